The van der Waals surface area contributed by atoms with Crippen molar-refractivity contribution >= 4 is 15.7 Å². The van der Waals surface area contributed by atoms with E-state index in [1.165, 1.54) is 0 Å². The molecule has 2 heterocycles. The summed E-state index contributed by atoms with van der Waals surface area (Å²) in [5.41, 5.74) is 1.97. The van der Waals surface area contributed by atoms with Gasteiger partial charge in [0.25, 0.3) is 0 Å². The Kier molecular flexibility index (Phi) is 4.22. The maximum Gasteiger partial charge on any atom is 0.243 e. The molecular weight excluding hydrogens is 284 g/mol. The van der Waals surface area contributed by atoms with Crippen LogP contribution in [-0.2, 0) is 16.4 Å². The van der Waals surface area contributed by atoms with Gasteiger partial charge < -0.3 is 5.32 Å². The molecule has 0 saturated carbocycles. The van der Waals surface area contributed by atoms with Gasteiger partial charge in [0.15, 0.2) is 0 Å². The zero-order valence-electron chi connectivity index (χ0n) is 12.6. The van der Waals surface area contributed by atoms with E-state index in [2.05, 4.69) is 12.2 Å². The van der Waals surface area contributed by atoms with Crippen molar-refractivity contribution in [2.24, 2.45) is 5.92 Å². The summed E-state index contributed by atoms with van der Waals surface area (Å²) in [4.78, 5) is 0.518. The molecule has 1 unspecified atom stereocenters. The van der Waals surface area contributed by atoms with Gasteiger partial charge >= 0.3 is 0 Å². The molecule has 5 heteroatoms. The van der Waals surface area contributed by atoms with Gasteiger partial charge in [0.05, 0.1) is 4.90 Å². The summed E-state index contributed by atoms with van der Waals surface area (Å²) in [7, 11) is -3.34. The molecule has 0 amide bonds. The maximum absolute atomic E-state index is 13.0. The lowest BCUT2D eigenvalue weighted by Crippen LogP contribution is -2.30. The number of anilines is 1. The topological polar surface area (TPSA) is 49.4 Å². The summed E-state index contributed by atoms with van der Waals surface area (Å²) in [6.07, 6.45) is 5.10. The minimum absolute atomic E-state index is 0.518. The molecule has 21 heavy (non-hydrogen) atoms. The van der Waals surface area contributed by atoms with Crippen LogP contribution in [0, 0.1) is 5.92 Å². The Morgan fingerprint density at radius 1 is 1.38 bits per heavy atom. The predicted molar refractivity (Wildman–Crippen MR) is 85.0 cm³/mol. The Labute approximate surface area is 127 Å². The third kappa shape index (κ3) is 2.81. The molecule has 2 aliphatic heterocycles. The minimum atomic E-state index is -3.34. The minimum Gasteiger partial charge on any atom is -0.385 e. The number of sulfonamides is 1. The van der Waals surface area contributed by atoms with Crippen LogP contribution in [0.15, 0.2) is 23.1 Å². The first-order chi connectivity index (χ1) is 10.1. The Bertz CT molecular complexity index is 613. The van der Waals surface area contributed by atoms with Crippen molar-refractivity contribution in [1.82, 2.24) is 4.31 Å². The van der Waals surface area contributed by atoms with E-state index in [9.17, 15) is 8.42 Å². The van der Waals surface area contributed by atoms with Gasteiger partial charge in [0.2, 0.25) is 10.0 Å². The molecule has 1 aromatic carbocycles. The van der Waals surface area contributed by atoms with Crippen molar-refractivity contribution in [3.05, 3.63) is 23.8 Å². The summed E-state index contributed by atoms with van der Waals surface area (Å²) in [5, 5.41) is 3.31. The molecular formula is C16H24N2O2S. The van der Waals surface area contributed by atoms with Crippen molar-refractivity contribution in [2.45, 2.75) is 43.9 Å². The molecule has 0 radical (unpaired) electrons. The fourth-order valence-corrected chi connectivity index (χ4v) is 5.32. The first-order valence-electron chi connectivity index (χ1n) is 7.99. The van der Waals surface area contributed by atoms with E-state index in [1.807, 2.05) is 12.1 Å². The number of hydrogen-bond donors (Lipinski definition) is 1. The van der Waals surface area contributed by atoms with Crippen LogP contribution >= 0.6 is 0 Å². The zero-order valence-corrected chi connectivity index (χ0v) is 13.5. The Balaban J connectivity index is 1.89. The van der Waals surface area contributed by atoms with Gasteiger partial charge in [-0.25, -0.2) is 8.42 Å². The van der Waals surface area contributed by atoms with E-state index in [1.54, 1.807) is 10.4 Å². The van der Waals surface area contributed by atoms with Gasteiger partial charge in [-0.2, -0.15) is 4.31 Å². The van der Waals surface area contributed by atoms with Gasteiger partial charge in [-0.3, -0.25) is 0 Å². The summed E-state index contributed by atoms with van der Waals surface area (Å²) in [6, 6.07) is 5.61. The largest absolute Gasteiger partial charge is 0.385 e. The second kappa shape index (κ2) is 5.97. The van der Waals surface area contributed by atoms with Crippen molar-refractivity contribution in [3.8, 4) is 0 Å². The summed E-state index contributed by atoms with van der Waals surface area (Å²) >= 11 is 0. The molecule has 0 aliphatic carbocycles. The zero-order chi connectivity index (χ0) is 14.9. The summed E-state index contributed by atoms with van der Waals surface area (Å²) in [5.74, 6) is 0.530. The van der Waals surface area contributed by atoms with E-state index < -0.39 is 10.0 Å². The molecule has 3 rings (SSSR count). The fourth-order valence-electron chi connectivity index (χ4n) is 3.52. The average Bonchev–Trinajstić information content (AvgIpc) is 2.96. The molecule has 0 spiro atoms. The summed E-state index contributed by atoms with van der Waals surface area (Å²) < 4.78 is 27.6. The molecule has 116 valence electrons. The van der Waals surface area contributed by atoms with E-state index in [4.69, 9.17) is 0 Å². The van der Waals surface area contributed by atoms with Crippen molar-refractivity contribution in [2.75, 3.05) is 25.0 Å². The molecule has 1 N–H and O–H groups in total. The highest BCUT2D eigenvalue weighted by atomic mass is 32.2. The lowest BCUT2D eigenvalue weighted by atomic mass is 10.0. The SMILES string of the molecule is CCCC1CCN(S(=O)(=O)c2cccc3c2CCCN3)C1. The molecule has 0 aromatic heterocycles. The molecule has 1 fully saturated rings. The van der Waals surface area contributed by atoms with Gasteiger partial charge in [0.1, 0.15) is 0 Å². The standard InChI is InChI=1S/C16H24N2O2S/c1-2-5-13-9-11-18(12-13)21(19,20)16-8-3-7-15-14(16)6-4-10-17-15/h3,7-8,13,17H,2,4-6,9-12H2,1H3. The maximum atomic E-state index is 13.0. The van der Waals surface area contributed by atoms with Crippen LogP contribution in [0.3, 0.4) is 0 Å². The Morgan fingerprint density at radius 3 is 3.05 bits per heavy atom. The fraction of sp³-hybridized carbons (Fsp3) is 0.625. The highest BCUT2D eigenvalue weighted by Crippen LogP contribution is 2.33. The van der Waals surface area contributed by atoms with Crippen LogP contribution in [0.5, 0.6) is 0 Å². The van der Waals surface area contributed by atoms with Gasteiger partial charge in [-0.15, -0.1) is 0 Å². The van der Waals surface area contributed by atoms with Crippen molar-refractivity contribution in [3.63, 3.8) is 0 Å². The summed E-state index contributed by atoms with van der Waals surface area (Å²) in [6.45, 7) is 4.45. The van der Waals surface area contributed by atoms with E-state index in [-0.39, 0.29) is 0 Å². The van der Waals surface area contributed by atoms with Crippen molar-refractivity contribution in [1.29, 1.82) is 0 Å². The second-order valence-electron chi connectivity index (χ2n) is 6.12. The molecule has 1 saturated heterocycles. The molecule has 1 aromatic rings. The third-order valence-corrected chi connectivity index (χ3v) is 6.57. The number of rotatable bonds is 4. The molecule has 0 bridgehead atoms. The monoisotopic (exact) mass is 308 g/mol. The normalized spacial score (nSPS) is 22.8. The lowest BCUT2D eigenvalue weighted by molar-refractivity contribution is 0.444. The molecule has 4 nitrogen and oxygen atoms in total. The van der Waals surface area contributed by atoms with Gasteiger partial charge in [-0.1, -0.05) is 19.4 Å². The highest BCUT2D eigenvalue weighted by Gasteiger charge is 2.34. The van der Waals surface area contributed by atoms with Crippen LogP contribution < -0.4 is 5.32 Å². The number of benzene rings is 1. The van der Waals surface area contributed by atoms with Crippen LogP contribution in [-0.4, -0.2) is 32.4 Å². The second-order valence-corrected chi connectivity index (χ2v) is 8.03. The number of fused-ring (bicyclic) bond motifs is 1. The highest BCUT2D eigenvalue weighted by molar-refractivity contribution is 7.89. The van der Waals surface area contributed by atoms with E-state index >= 15 is 0 Å². The van der Waals surface area contributed by atoms with E-state index in [0.29, 0.717) is 23.9 Å². The smallest absolute Gasteiger partial charge is 0.243 e. The van der Waals surface area contributed by atoms with Gasteiger partial charge in [0, 0.05) is 25.3 Å². The van der Waals surface area contributed by atoms with Crippen LogP contribution in [0.25, 0.3) is 0 Å². The lowest BCUT2D eigenvalue weighted by Gasteiger charge is -2.24. The van der Waals surface area contributed by atoms with Gasteiger partial charge in [-0.05, 0) is 49.3 Å². The quantitative estimate of drug-likeness (QED) is 0.930. The Morgan fingerprint density at radius 2 is 2.24 bits per heavy atom. The van der Waals surface area contributed by atoms with Crippen LogP contribution in [0.1, 0.15) is 38.2 Å². The number of nitrogens with one attached hydrogen (secondary N) is 1. The first kappa shape index (κ1) is 14.9. The third-order valence-electron chi connectivity index (χ3n) is 4.62. The first-order valence-corrected chi connectivity index (χ1v) is 9.43. The molecule has 2 aliphatic rings. The van der Waals surface area contributed by atoms with E-state index in [0.717, 1.165) is 49.9 Å². The average molecular weight is 308 g/mol. The van der Waals surface area contributed by atoms with Crippen LogP contribution in [0.4, 0.5) is 5.69 Å². The number of nitrogens with zero attached hydrogens (tertiary/aromatic N) is 1. The van der Waals surface area contributed by atoms with Crippen LogP contribution in [0.2, 0.25) is 0 Å². The van der Waals surface area contributed by atoms with Crippen molar-refractivity contribution < 1.29 is 8.42 Å². The Hall–Kier alpha value is -1.07. The predicted octanol–water partition coefficient (Wildman–Crippen LogP) is 2.86. The molecule has 1 atom stereocenters. The number of hydrogen-bond acceptors (Lipinski definition) is 3.